The zero-order chi connectivity index (χ0) is 22.2. The van der Waals surface area contributed by atoms with E-state index in [-0.39, 0.29) is 23.0 Å². The van der Waals surface area contributed by atoms with Gasteiger partial charge in [0, 0.05) is 42.7 Å². The standard InChI is InChI=1S/C19H18F2N4O4S2/c1-11-22-18(24-29-11)13-7-17(30-10-13)31(27,28)25-6-2-3-12(9-25)19(26)23-14-4-5-15(20)16(21)8-14/h4-5,7-8,10,12H,2-3,6,9H2,1H3,(H,23,26). The molecular weight excluding hydrogens is 450 g/mol. The lowest BCUT2D eigenvalue weighted by Crippen LogP contribution is -2.43. The molecule has 4 rings (SSSR count). The highest BCUT2D eigenvalue weighted by atomic mass is 32.2. The Kier molecular flexibility index (Phi) is 5.86. The van der Waals surface area contributed by atoms with E-state index in [2.05, 4.69) is 15.5 Å². The van der Waals surface area contributed by atoms with Crippen molar-refractivity contribution in [1.29, 1.82) is 0 Å². The summed E-state index contributed by atoms with van der Waals surface area (Å²) in [5.41, 5.74) is 0.646. The molecule has 2 aromatic heterocycles. The fourth-order valence-electron chi connectivity index (χ4n) is 3.31. The Hall–Kier alpha value is -2.70. The molecule has 1 N–H and O–H groups in total. The van der Waals surface area contributed by atoms with Gasteiger partial charge in [0.25, 0.3) is 10.0 Å². The summed E-state index contributed by atoms with van der Waals surface area (Å²) in [6, 6.07) is 4.54. The molecule has 1 atom stereocenters. The fourth-order valence-corrected chi connectivity index (χ4v) is 6.14. The fraction of sp³-hybridized carbons (Fsp3) is 0.316. The van der Waals surface area contributed by atoms with Gasteiger partial charge in [-0.1, -0.05) is 5.16 Å². The van der Waals surface area contributed by atoms with Crippen LogP contribution in [0.15, 0.2) is 38.4 Å². The first-order chi connectivity index (χ1) is 14.7. The molecule has 1 aliphatic heterocycles. The van der Waals surface area contributed by atoms with Crippen LogP contribution in [0.1, 0.15) is 18.7 Å². The largest absolute Gasteiger partial charge is 0.339 e. The lowest BCUT2D eigenvalue weighted by Gasteiger charge is -2.30. The topological polar surface area (TPSA) is 105 Å². The highest BCUT2D eigenvalue weighted by Gasteiger charge is 2.34. The molecule has 0 radical (unpaired) electrons. The molecule has 3 heterocycles. The van der Waals surface area contributed by atoms with E-state index in [1.807, 2.05) is 0 Å². The third-order valence-electron chi connectivity index (χ3n) is 4.90. The molecular formula is C19H18F2N4O4S2. The monoisotopic (exact) mass is 468 g/mol. The number of nitrogens with one attached hydrogen (secondary N) is 1. The van der Waals surface area contributed by atoms with Crippen LogP contribution in [-0.4, -0.2) is 41.9 Å². The normalized spacial score (nSPS) is 17.6. The number of thiophene rings is 1. The van der Waals surface area contributed by atoms with Crippen molar-refractivity contribution >= 4 is 33.0 Å². The first kappa shape index (κ1) is 21.5. The highest BCUT2D eigenvalue weighted by Crippen LogP contribution is 2.31. The number of aryl methyl sites for hydroxylation is 1. The molecule has 0 spiro atoms. The first-order valence-electron chi connectivity index (χ1n) is 9.39. The van der Waals surface area contributed by atoms with E-state index < -0.39 is 33.5 Å². The number of hydrogen-bond acceptors (Lipinski definition) is 7. The van der Waals surface area contributed by atoms with E-state index in [4.69, 9.17) is 4.52 Å². The van der Waals surface area contributed by atoms with Crippen LogP contribution in [0.25, 0.3) is 11.4 Å². The minimum atomic E-state index is -3.82. The number of amides is 1. The number of hydrogen-bond donors (Lipinski definition) is 1. The molecule has 8 nitrogen and oxygen atoms in total. The molecule has 164 valence electrons. The summed E-state index contributed by atoms with van der Waals surface area (Å²) < 4.78 is 59.0. The van der Waals surface area contributed by atoms with Crippen molar-refractivity contribution in [3.05, 3.63) is 47.2 Å². The molecule has 1 amide bonds. The summed E-state index contributed by atoms with van der Waals surface area (Å²) in [7, 11) is -3.82. The second-order valence-corrected chi connectivity index (χ2v) is 10.2. The maximum atomic E-state index is 13.4. The Morgan fingerprint density at radius 1 is 1.29 bits per heavy atom. The van der Waals surface area contributed by atoms with E-state index in [0.717, 1.165) is 23.5 Å². The average Bonchev–Trinajstić information content (AvgIpc) is 3.40. The number of piperidine rings is 1. The molecule has 31 heavy (non-hydrogen) atoms. The van der Waals surface area contributed by atoms with Crippen LogP contribution in [0.3, 0.4) is 0 Å². The molecule has 0 aliphatic carbocycles. The Bertz CT molecular complexity index is 1230. The smallest absolute Gasteiger partial charge is 0.252 e. The maximum absolute atomic E-state index is 13.4. The number of rotatable bonds is 5. The van der Waals surface area contributed by atoms with E-state index in [9.17, 15) is 22.0 Å². The molecule has 0 saturated carbocycles. The van der Waals surface area contributed by atoms with Crippen LogP contribution < -0.4 is 5.32 Å². The Balaban J connectivity index is 1.47. The van der Waals surface area contributed by atoms with Crippen molar-refractivity contribution in [3.8, 4) is 11.4 Å². The second kappa shape index (κ2) is 8.44. The van der Waals surface area contributed by atoms with Crippen molar-refractivity contribution in [2.45, 2.75) is 24.0 Å². The summed E-state index contributed by atoms with van der Waals surface area (Å²) in [6.45, 7) is 1.91. The number of nitrogens with zero attached hydrogens (tertiary/aromatic N) is 3. The Morgan fingerprint density at radius 2 is 2.10 bits per heavy atom. The van der Waals surface area contributed by atoms with E-state index >= 15 is 0 Å². The van der Waals surface area contributed by atoms with Crippen LogP contribution in [0.4, 0.5) is 14.5 Å². The van der Waals surface area contributed by atoms with Crippen LogP contribution >= 0.6 is 11.3 Å². The lowest BCUT2D eigenvalue weighted by molar-refractivity contribution is -0.120. The average molecular weight is 469 g/mol. The summed E-state index contributed by atoms with van der Waals surface area (Å²) in [5.74, 6) is -2.47. The van der Waals surface area contributed by atoms with Gasteiger partial charge in [-0.05, 0) is 31.0 Å². The summed E-state index contributed by atoms with van der Waals surface area (Å²) >= 11 is 1.04. The minimum Gasteiger partial charge on any atom is -0.339 e. The number of anilines is 1. The van der Waals surface area contributed by atoms with E-state index in [1.165, 1.54) is 16.4 Å². The maximum Gasteiger partial charge on any atom is 0.252 e. The van der Waals surface area contributed by atoms with Crippen LogP contribution in [0.2, 0.25) is 0 Å². The van der Waals surface area contributed by atoms with Gasteiger partial charge in [-0.3, -0.25) is 4.79 Å². The van der Waals surface area contributed by atoms with E-state index in [0.29, 0.717) is 30.1 Å². The predicted octanol–water partition coefficient (Wildman–Crippen LogP) is 3.42. The molecule has 1 fully saturated rings. The van der Waals surface area contributed by atoms with Gasteiger partial charge in [-0.25, -0.2) is 17.2 Å². The third-order valence-corrected chi connectivity index (χ3v) is 8.18. The van der Waals surface area contributed by atoms with Gasteiger partial charge in [0.05, 0.1) is 5.92 Å². The predicted molar refractivity (Wildman–Crippen MR) is 109 cm³/mol. The van der Waals surface area contributed by atoms with Crippen molar-refractivity contribution in [3.63, 3.8) is 0 Å². The molecule has 1 unspecified atom stereocenters. The van der Waals surface area contributed by atoms with Gasteiger partial charge in [0.1, 0.15) is 4.21 Å². The van der Waals surface area contributed by atoms with Gasteiger partial charge in [0.2, 0.25) is 17.6 Å². The first-order valence-corrected chi connectivity index (χ1v) is 11.7. The SMILES string of the molecule is Cc1nc(-c2csc(S(=O)(=O)N3CCCC(C(=O)Nc4ccc(F)c(F)c4)C3)c2)no1. The van der Waals surface area contributed by atoms with Crippen molar-refractivity contribution < 1.29 is 26.5 Å². The summed E-state index contributed by atoms with van der Waals surface area (Å²) in [5, 5.41) is 7.95. The Labute approximate surface area is 180 Å². The number of sulfonamides is 1. The number of carbonyl (C=O) groups excluding carboxylic acids is 1. The van der Waals surface area contributed by atoms with Gasteiger partial charge >= 0.3 is 0 Å². The number of aromatic nitrogens is 2. The van der Waals surface area contributed by atoms with Gasteiger partial charge in [-0.15, -0.1) is 11.3 Å². The molecule has 1 aliphatic rings. The second-order valence-electron chi connectivity index (χ2n) is 7.11. The zero-order valence-electron chi connectivity index (χ0n) is 16.3. The van der Waals surface area contributed by atoms with Crippen molar-refractivity contribution in [1.82, 2.24) is 14.4 Å². The summed E-state index contributed by atoms with van der Waals surface area (Å²) in [4.78, 5) is 16.7. The van der Waals surface area contributed by atoms with Crippen LogP contribution in [0, 0.1) is 24.5 Å². The van der Waals surface area contributed by atoms with Crippen molar-refractivity contribution in [2.75, 3.05) is 18.4 Å². The summed E-state index contributed by atoms with van der Waals surface area (Å²) in [6.07, 6.45) is 0.983. The molecule has 1 saturated heterocycles. The quantitative estimate of drug-likeness (QED) is 0.615. The molecule has 0 bridgehead atoms. The van der Waals surface area contributed by atoms with E-state index in [1.54, 1.807) is 12.3 Å². The van der Waals surface area contributed by atoms with Crippen LogP contribution in [0.5, 0.6) is 0 Å². The minimum absolute atomic E-state index is 0.00754. The zero-order valence-corrected chi connectivity index (χ0v) is 18.0. The number of halogens is 2. The molecule has 12 heteroatoms. The lowest BCUT2D eigenvalue weighted by atomic mass is 9.98. The third kappa shape index (κ3) is 4.50. The van der Waals surface area contributed by atoms with Gasteiger partial charge in [-0.2, -0.15) is 9.29 Å². The number of benzene rings is 1. The van der Waals surface area contributed by atoms with Crippen LogP contribution in [-0.2, 0) is 14.8 Å². The molecule has 3 aromatic rings. The highest BCUT2D eigenvalue weighted by molar-refractivity contribution is 7.91. The number of carbonyl (C=O) groups is 1. The molecule has 1 aromatic carbocycles. The Morgan fingerprint density at radius 3 is 2.81 bits per heavy atom. The van der Waals surface area contributed by atoms with Crippen molar-refractivity contribution in [2.24, 2.45) is 5.92 Å². The van der Waals surface area contributed by atoms with Gasteiger partial charge in [0.15, 0.2) is 11.6 Å². The van der Waals surface area contributed by atoms with Gasteiger partial charge < -0.3 is 9.84 Å².